The molecule has 0 radical (unpaired) electrons. The largest absolute Gasteiger partial charge is 0.476 e. The van der Waals surface area contributed by atoms with Crippen molar-refractivity contribution in [3.05, 3.63) is 39.8 Å². The van der Waals surface area contributed by atoms with Crippen molar-refractivity contribution in [3.8, 4) is 0 Å². The fraction of sp³-hybridized carbons (Fsp3) is 0.357. The molecule has 126 valence electrons. The average molecular weight is 361 g/mol. The van der Waals surface area contributed by atoms with Crippen LogP contribution in [0.4, 0.5) is 5.69 Å². The van der Waals surface area contributed by atoms with Crippen LogP contribution in [-0.2, 0) is 9.53 Å². The summed E-state index contributed by atoms with van der Waals surface area (Å²) in [5.41, 5.74) is 8.29. The van der Waals surface area contributed by atoms with E-state index in [0.29, 0.717) is 22.9 Å². The lowest BCUT2D eigenvalue weighted by Gasteiger charge is -2.34. The van der Waals surface area contributed by atoms with Crippen LogP contribution in [0.5, 0.6) is 0 Å². The molecule has 1 heterocycles. The molecule has 1 fully saturated rings. The first-order valence-electron chi connectivity index (χ1n) is 6.98. The van der Waals surface area contributed by atoms with E-state index in [2.05, 4.69) is 4.90 Å². The highest BCUT2D eigenvalue weighted by Crippen LogP contribution is 2.29. The van der Waals surface area contributed by atoms with Gasteiger partial charge in [-0.3, -0.25) is 5.84 Å². The zero-order valence-electron chi connectivity index (χ0n) is 12.3. The summed E-state index contributed by atoms with van der Waals surface area (Å²) in [5.74, 6) is 3.64. The number of nitrogens with zero attached hydrogens (tertiary/aromatic N) is 1. The Morgan fingerprint density at radius 1 is 1.30 bits per heavy atom. The number of nitrogens with one attached hydrogen (secondary N) is 1. The Bertz CT molecular complexity index is 616. The van der Waals surface area contributed by atoms with Crippen molar-refractivity contribution < 1.29 is 14.6 Å². The fourth-order valence-corrected chi connectivity index (χ4v) is 2.68. The second-order valence-electron chi connectivity index (χ2n) is 5.09. The monoisotopic (exact) mass is 360 g/mol. The van der Waals surface area contributed by atoms with Gasteiger partial charge in [0.15, 0.2) is 5.70 Å². The smallest absolute Gasteiger partial charge is 0.358 e. The first-order valence-corrected chi connectivity index (χ1v) is 7.74. The maximum absolute atomic E-state index is 10.9. The molecule has 23 heavy (non-hydrogen) atoms. The molecule has 1 aromatic carbocycles. The van der Waals surface area contributed by atoms with Crippen molar-refractivity contribution in [2.24, 2.45) is 11.6 Å². The predicted molar refractivity (Wildman–Crippen MR) is 89.0 cm³/mol. The number of carbonyl (C=O) groups is 1. The molecule has 0 aliphatic carbocycles. The number of aliphatic carboxylic acids is 1. The summed E-state index contributed by atoms with van der Waals surface area (Å²) in [7, 11) is 0. The van der Waals surface area contributed by atoms with Crippen molar-refractivity contribution in [1.82, 2.24) is 5.43 Å². The number of ether oxygens (including phenoxy) is 1. The first-order chi connectivity index (χ1) is 10.9. The van der Waals surface area contributed by atoms with E-state index in [9.17, 15) is 4.79 Å². The van der Waals surface area contributed by atoms with Gasteiger partial charge in [-0.05, 0) is 18.2 Å². The van der Waals surface area contributed by atoms with Crippen LogP contribution in [-0.4, -0.2) is 30.3 Å². The van der Waals surface area contributed by atoms with Crippen LogP contribution >= 0.6 is 23.2 Å². The lowest BCUT2D eigenvalue weighted by Crippen LogP contribution is -2.38. The summed E-state index contributed by atoms with van der Waals surface area (Å²) in [6.07, 6.45) is 1.22. The van der Waals surface area contributed by atoms with Gasteiger partial charge in [0.2, 0.25) is 5.88 Å². The molecule has 0 atom stereocenters. The van der Waals surface area contributed by atoms with E-state index >= 15 is 0 Å². The molecule has 1 saturated heterocycles. The van der Waals surface area contributed by atoms with E-state index < -0.39 is 5.97 Å². The minimum absolute atomic E-state index is 0.170. The number of nitrogens with two attached hydrogens (primary N) is 2. The van der Waals surface area contributed by atoms with Crippen molar-refractivity contribution in [2.45, 2.75) is 18.9 Å². The van der Waals surface area contributed by atoms with Gasteiger partial charge in [0, 0.05) is 31.6 Å². The van der Waals surface area contributed by atoms with Crippen LogP contribution in [0.1, 0.15) is 12.8 Å². The summed E-state index contributed by atoms with van der Waals surface area (Å²) < 4.78 is 5.49. The predicted octanol–water partition coefficient (Wildman–Crippen LogP) is 1.65. The van der Waals surface area contributed by atoms with Gasteiger partial charge in [0.05, 0.1) is 10.0 Å². The zero-order chi connectivity index (χ0) is 17.0. The molecule has 9 heteroatoms. The number of hydrogen-bond donors (Lipinski definition) is 4. The summed E-state index contributed by atoms with van der Waals surface area (Å²) in [5, 5.41) is 9.95. The molecule has 7 nitrogen and oxygen atoms in total. The third-order valence-electron chi connectivity index (χ3n) is 3.61. The third kappa shape index (κ3) is 4.34. The van der Waals surface area contributed by atoms with Gasteiger partial charge in [0.1, 0.15) is 6.10 Å². The van der Waals surface area contributed by atoms with Crippen molar-refractivity contribution in [1.29, 1.82) is 0 Å². The molecule has 1 aliphatic heterocycles. The first kappa shape index (κ1) is 17.5. The second kappa shape index (κ2) is 7.63. The number of hydrogen-bond acceptors (Lipinski definition) is 6. The van der Waals surface area contributed by atoms with Gasteiger partial charge in [-0.25, -0.2) is 4.79 Å². The lowest BCUT2D eigenvalue weighted by atomic mass is 10.1. The van der Waals surface area contributed by atoms with Gasteiger partial charge >= 0.3 is 5.97 Å². The summed E-state index contributed by atoms with van der Waals surface area (Å²) in [4.78, 5) is 13.1. The number of carboxylic acid groups (broad SMARTS) is 1. The van der Waals surface area contributed by atoms with E-state index in [-0.39, 0.29) is 17.7 Å². The van der Waals surface area contributed by atoms with Crippen LogP contribution in [0.2, 0.25) is 10.0 Å². The molecule has 2 rings (SSSR count). The van der Waals surface area contributed by atoms with Gasteiger partial charge in [-0.15, -0.1) is 0 Å². The van der Waals surface area contributed by atoms with E-state index in [1.165, 1.54) is 0 Å². The SMILES string of the molecule is NN/C(C(=O)O)=C(\N)OC1CCN(c2ccc(Cl)c(Cl)c2)CC1. The molecule has 0 saturated carbocycles. The average Bonchev–Trinajstić information content (AvgIpc) is 2.51. The van der Waals surface area contributed by atoms with Gasteiger partial charge in [-0.1, -0.05) is 23.2 Å². The van der Waals surface area contributed by atoms with Crippen molar-refractivity contribution >= 4 is 34.9 Å². The Kier molecular flexibility index (Phi) is 5.81. The molecule has 6 N–H and O–H groups in total. The molecule has 0 amide bonds. The summed E-state index contributed by atoms with van der Waals surface area (Å²) in [6.45, 7) is 1.46. The highest BCUT2D eigenvalue weighted by atomic mass is 35.5. The van der Waals surface area contributed by atoms with E-state index in [1.54, 1.807) is 6.07 Å². The summed E-state index contributed by atoms with van der Waals surface area (Å²) in [6, 6.07) is 5.49. The van der Waals surface area contributed by atoms with Crippen LogP contribution < -0.4 is 21.9 Å². The Balaban J connectivity index is 1.96. The van der Waals surface area contributed by atoms with Crippen molar-refractivity contribution in [2.75, 3.05) is 18.0 Å². The molecule has 0 aromatic heterocycles. The quantitative estimate of drug-likeness (QED) is 0.273. The highest BCUT2D eigenvalue weighted by Gasteiger charge is 2.23. The third-order valence-corrected chi connectivity index (χ3v) is 4.35. The molecule has 1 aliphatic rings. The topological polar surface area (TPSA) is 114 Å². The number of carboxylic acids is 1. The van der Waals surface area contributed by atoms with E-state index in [1.807, 2.05) is 17.6 Å². The molecule has 0 spiro atoms. The van der Waals surface area contributed by atoms with Crippen molar-refractivity contribution in [3.63, 3.8) is 0 Å². The Morgan fingerprint density at radius 3 is 2.48 bits per heavy atom. The van der Waals surface area contributed by atoms with Gasteiger partial charge in [-0.2, -0.15) is 0 Å². The standard InChI is InChI=1S/C14H18Cl2N4O3/c15-10-2-1-8(7-11(10)16)20-5-3-9(4-6-20)23-13(17)12(19-18)14(21)22/h1-2,7,9,19H,3-6,17-18H2,(H,21,22)/b13-12+. The maximum atomic E-state index is 10.9. The lowest BCUT2D eigenvalue weighted by molar-refractivity contribution is -0.133. The van der Waals surface area contributed by atoms with E-state index in [0.717, 1.165) is 18.8 Å². The Morgan fingerprint density at radius 2 is 1.96 bits per heavy atom. The minimum Gasteiger partial charge on any atom is -0.476 e. The highest BCUT2D eigenvalue weighted by molar-refractivity contribution is 6.42. The molecule has 0 bridgehead atoms. The molecule has 1 aromatic rings. The van der Waals surface area contributed by atoms with E-state index in [4.69, 9.17) is 44.6 Å². The number of hydrazine groups is 1. The molecule has 0 unspecified atom stereocenters. The van der Waals surface area contributed by atoms with Gasteiger partial charge < -0.3 is 25.9 Å². The number of rotatable bonds is 5. The fourth-order valence-electron chi connectivity index (χ4n) is 2.39. The minimum atomic E-state index is -1.27. The number of halogens is 2. The molecular weight excluding hydrogens is 343 g/mol. The normalized spacial score (nSPS) is 16.7. The number of anilines is 1. The second-order valence-corrected chi connectivity index (χ2v) is 5.91. The summed E-state index contributed by atoms with van der Waals surface area (Å²) >= 11 is 11.9. The van der Waals surface area contributed by atoms with Crippen LogP contribution in [0, 0.1) is 0 Å². The number of benzene rings is 1. The van der Waals surface area contributed by atoms with Crippen LogP contribution in [0.15, 0.2) is 29.8 Å². The Hall–Kier alpha value is -1.83. The molecular formula is C14H18Cl2N4O3. The van der Waals surface area contributed by atoms with Gasteiger partial charge in [0.25, 0.3) is 0 Å². The number of piperidine rings is 1. The Labute approximate surface area is 143 Å². The van der Waals surface area contributed by atoms with Crippen LogP contribution in [0.25, 0.3) is 0 Å². The van der Waals surface area contributed by atoms with Crippen LogP contribution in [0.3, 0.4) is 0 Å². The zero-order valence-corrected chi connectivity index (χ0v) is 13.8. The maximum Gasteiger partial charge on any atom is 0.358 e.